The van der Waals surface area contributed by atoms with Gasteiger partial charge >= 0.3 is 65.7 Å². The molecule has 46 heavy (non-hydrogen) atoms. The number of hydrogen-bond acceptors (Lipinski definition) is 1. The lowest BCUT2D eigenvalue weighted by Gasteiger charge is -2.43. The van der Waals surface area contributed by atoms with Gasteiger partial charge in [-0.3, -0.25) is 4.94 Å². The van der Waals surface area contributed by atoms with Crippen LogP contribution in [-0.2, 0) is 11.8 Å². The lowest BCUT2D eigenvalue weighted by atomic mass is 9.83. The summed E-state index contributed by atoms with van der Waals surface area (Å²) >= 11 is 0. The molecule has 29 heteroatoms. The number of halogens is 28. The van der Waals surface area contributed by atoms with Crippen molar-refractivity contribution in [3.63, 3.8) is 0 Å². The van der Waals surface area contributed by atoms with E-state index >= 15 is 0 Å². The van der Waals surface area contributed by atoms with Gasteiger partial charge in [0.25, 0.3) is 0 Å². The smallest absolute Gasteiger partial charge is 0.291 e. The number of benzene rings is 1. The number of hydrogen-bond donors (Lipinski definition) is 0. The largest absolute Gasteiger partial charge is 0.460 e. The second-order valence-electron chi connectivity index (χ2n) is 8.26. The molecule has 270 valence electrons. The molecule has 0 heterocycles. The Kier molecular flexibility index (Phi) is 9.40. The molecule has 0 amide bonds. The third kappa shape index (κ3) is 4.89. The van der Waals surface area contributed by atoms with Gasteiger partial charge in [-0.2, -0.15) is 110 Å². The van der Waals surface area contributed by atoms with E-state index in [4.69, 9.17) is 0 Å². The summed E-state index contributed by atoms with van der Waals surface area (Å²) in [5, 5.41) is 0. The number of alkyl halides is 24. The van der Waals surface area contributed by atoms with Crippen LogP contribution in [-0.4, -0.2) is 53.8 Å². The second kappa shape index (κ2) is 10.5. The highest BCUT2D eigenvalue weighted by atomic mass is 19.4. The van der Waals surface area contributed by atoms with Crippen LogP contribution in [0.2, 0.25) is 0 Å². The molecule has 0 spiro atoms. The van der Waals surface area contributed by atoms with Crippen molar-refractivity contribution in [2.24, 2.45) is 0 Å². The molecule has 0 radical (unpaired) electrons. The van der Waals surface area contributed by atoms with E-state index in [0.29, 0.717) is 0 Å². The van der Waals surface area contributed by atoms with Gasteiger partial charge in [0.1, 0.15) is 0 Å². The summed E-state index contributed by atoms with van der Waals surface area (Å²) in [5.41, 5.74) is -10.6. The normalized spacial score (nSPS) is 15.8. The van der Waals surface area contributed by atoms with Gasteiger partial charge in [-0.05, 0) is 0 Å². The number of rotatable bonds is 10. The molecular formula is C17F28O. The summed E-state index contributed by atoms with van der Waals surface area (Å²) in [6.45, 7) is 0. The summed E-state index contributed by atoms with van der Waals surface area (Å²) in [7, 11) is 0. The highest BCUT2D eigenvalue weighted by Gasteiger charge is 2.95. The lowest BCUT2D eigenvalue weighted by molar-refractivity contribution is -0.463. The van der Waals surface area contributed by atoms with E-state index in [1.807, 2.05) is 0 Å². The van der Waals surface area contributed by atoms with Crippen LogP contribution in [0.5, 0.6) is 5.75 Å². The zero-order valence-corrected chi connectivity index (χ0v) is 19.5. The third-order valence-electron chi connectivity index (χ3n) is 5.46. The molecule has 0 fully saturated rings. The van der Waals surface area contributed by atoms with Gasteiger partial charge in [0.05, 0.1) is 11.1 Å². The Morgan fingerprint density at radius 1 is 0.304 bits per heavy atom. The summed E-state index contributed by atoms with van der Waals surface area (Å²) in [5.74, 6) is -98.8. The van der Waals surface area contributed by atoms with Gasteiger partial charge in [-0.15, -0.1) is 0 Å². The molecule has 0 aromatic heterocycles. The zero-order chi connectivity index (χ0) is 37.7. The Morgan fingerprint density at radius 3 is 0.891 bits per heavy atom. The van der Waals surface area contributed by atoms with Gasteiger partial charge in [0.2, 0.25) is 11.6 Å². The molecule has 0 saturated carbocycles. The standard InChI is InChI=1S/C17F28O/c18-3-1(2(6(46-45)5(20)4(3)19)8(23,24)10(27,28)16(39,40)41)7(21,22)9(25,26)11(29,30)12(31,32)13(33,34)14(35,36)15(37,38)17(42,43)44. The summed E-state index contributed by atoms with van der Waals surface area (Å²) in [6, 6.07) is 0. The fraction of sp³-hybridized carbons (Fsp3) is 0.647. The molecule has 0 atom stereocenters. The Labute approximate surface area is 229 Å². The first kappa shape index (κ1) is 41.1. The SMILES string of the molecule is FOc1c(F)c(F)c(F)c(C(F)(F)C(F)(F)C(F)(F)C(F)(F)C(F)(F)C(F)(F)C(F)(F)C(F)(F)F)c1C(F)(F)C(F)(F)C(F)(F)F. The van der Waals surface area contributed by atoms with Crippen molar-refractivity contribution < 1.29 is 128 Å². The highest BCUT2D eigenvalue weighted by molar-refractivity contribution is 5.50. The van der Waals surface area contributed by atoms with Crippen molar-refractivity contribution in [3.8, 4) is 5.75 Å². The lowest BCUT2D eigenvalue weighted by Crippen LogP contribution is -2.74. The van der Waals surface area contributed by atoms with E-state index in [0.717, 1.165) is 0 Å². The average Bonchev–Trinajstić information content (AvgIpc) is 2.84. The van der Waals surface area contributed by atoms with Crippen LogP contribution < -0.4 is 4.94 Å². The van der Waals surface area contributed by atoms with Gasteiger partial charge < -0.3 is 0 Å². The Morgan fingerprint density at radius 2 is 0.587 bits per heavy atom. The molecule has 0 saturated heterocycles. The molecule has 1 aromatic carbocycles. The van der Waals surface area contributed by atoms with E-state index in [2.05, 4.69) is 0 Å². The summed E-state index contributed by atoms with van der Waals surface area (Å²) in [4.78, 5) is 1.69. The first-order valence-electron chi connectivity index (χ1n) is 9.71. The van der Waals surface area contributed by atoms with Crippen LogP contribution >= 0.6 is 0 Å². The Bertz CT molecular complexity index is 1310. The first-order valence-corrected chi connectivity index (χ1v) is 9.71. The fourth-order valence-electron chi connectivity index (χ4n) is 2.96. The quantitative estimate of drug-likeness (QED) is 0.171. The fourth-order valence-corrected chi connectivity index (χ4v) is 2.96. The van der Waals surface area contributed by atoms with E-state index in [1.54, 1.807) is 4.94 Å². The van der Waals surface area contributed by atoms with Crippen LogP contribution in [0.15, 0.2) is 0 Å². The van der Waals surface area contributed by atoms with Crippen molar-refractivity contribution in [2.45, 2.75) is 65.7 Å². The molecule has 0 bridgehead atoms. The van der Waals surface area contributed by atoms with Gasteiger partial charge in [-0.1, -0.05) is 0 Å². The van der Waals surface area contributed by atoms with Gasteiger partial charge in [0.15, 0.2) is 11.6 Å². The Hall–Kier alpha value is -2.94. The van der Waals surface area contributed by atoms with E-state index in [-0.39, 0.29) is 0 Å². The van der Waals surface area contributed by atoms with Crippen molar-refractivity contribution in [2.75, 3.05) is 0 Å². The van der Waals surface area contributed by atoms with Crippen LogP contribution in [0, 0.1) is 17.5 Å². The zero-order valence-electron chi connectivity index (χ0n) is 19.5. The second-order valence-corrected chi connectivity index (χ2v) is 8.26. The average molecular weight is 752 g/mol. The molecular weight excluding hydrogens is 752 g/mol. The molecule has 0 aliphatic rings. The van der Waals surface area contributed by atoms with Crippen LogP contribution in [0.4, 0.5) is 123 Å². The minimum Gasteiger partial charge on any atom is -0.291 e. The van der Waals surface area contributed by atoms with Crippen molar-refractivity contribution >= 4 is 0 Å². The Balaban J connectivity index is 4.41. The molecule has 0 aliphatic heterocycles. The third-order valence-corrected chi connectivity index (χ3v) is 5.46. The maximum absolute atomic E-state index is 14.5. The van der Waals surface area contributed by atoms with Crippen LogP contribution in [0.1, 0.15) is 11.1 Å². The minimum absolute atomic E-state index is 1.69. The molecule has 0 unspecified atom stereocenters. The summed E-state index contributed by atoms with van der Waals surface area (Å²) in [6.07, 6.45) is -16.2. The molecule has 0 aliphatic carbocycles. The van der Waals surface area contributed by atoms with Gasteiger partial charge in [-0.25, -0.2) is 8.78 Å². The predicted octanol–water partition coefficient (Wildman–Crippen LogP) is 10.1. The first-order chi connectivity index (χ1) is 19.7. The van der Waals surface area contributed by atoms with Crippen molar-refractivity contribution in [1.82, 2.24) is 0 Å². The van der Waals surface area contributed by atoms with Crippen LogP contribution in [0.25, 0.3) is 0 Å². The van der Waals surface area contributed by atoms with E-state index in [9.17, 15) is 123 Å². The highest BCUT2D eigenvalue weighted by Crippen LogP contribution is 2.67. The maximum atomic E-state index is 14.5. The molecule has 1 rings (SSSR count). The molecule has 1 nitrogen and oxygen atoms in total. The van der Waals surface area contributed by atoms with Gasteiger partial charge in [0, 0.05) is 4.53 Å². The molecule has 1 aromatic rings. The van der Waals surface area contributed by atoms with Crippen molar-refractivity contribution in [1.29, 1.82) is 0 Å². The van der Waals surface area contributed by atoms with E-state index < -0.39 is 100.0 Å². The monoisotopic (exact) mass is 752 g/mol. The predicted molar refractivity (Wildman–Crippen MR) is 82.6 cm³/mol. The summed E-state index contributed by atoms with van der Waals surface area (Å²) < 4.78 is 375. The minimum atomic E-state index is -9.55. The van der Waals surface area contributed by atoms with E-state index in [1.165, 1.54) is 0 Å². The molecule has 0 N–H and O–H groups in total. The maximum Gasteiger partial charge on any atom is 0.460 e. The van der Waals surface area contributed by atoms with Crippen LogP contribution in [0.3, 0.4) is 0 Å². The van der Waals surface area contributed by atoms with Crippen molar-refractivity contribution in [3.05, 3.63) is 28.6 Å². The topological polar surface area (TPSA) is 9.23 Å².